The van der Waals surface area contributed by atoms with Crippen LogP contribution in [-0.4, -0.2) is 108 Å². The van der Waals surface area contributed by atoms with E-state index in [4.69, 9.17) is 33.3 Å². The van der Waals surface area contributed by atoms with Crippen LogP contribution in [0.15, 0.2) is 0 Å². The van der Waals surface area contributed by atoms with Gasteiger partial charge in [-0.15, -0.1) is 0 Å². The van der Waals surface area contributed by atoms with Gasteiger partial charge >= 0.3 is 0 Å². The van der Waals surface area contributed by atoms with Gasteiger partial charge in [-0.25, -0.2) is 0 Å². The summed E-state index contributed by atoms with van der Waals surface area (Å²) in [4.78, 5) is 5.77. The molecule has 0 aromatic carbocycles. The van der Waals surface area contributed by atoms with Crippen LogP contribution >= 0.6 is 0 Å². The molecule has 0 aliphatic rings. The van der Waals surface area contributed by atoms with Gasteiger partial charge < -0.3 is 33.5 Å². The molecule has 0 saturated heterocycles. The molecule has 0 rings (SSSR count). The molecule has 0 heterocycles. The predicted molar refractivity (Wildman–Crippen MR) is 137 cm³/mol. The van der Waals surface area contributed by atoms with E-state index in [0.717, 1.165) is 0 Å². The minimum atomic E-state index is -0.563. The molecule has 1 unspecified atom stereocenters. The number of hydroxylamine groups is 2. The van der Waals surface area contributed by atoms with E-state index in [9.17, 15) is 5.11 Å². The lowest BCUT2D eigenvalue weighted by Gasteiger charge is -2.38. The van der Waals surface area contributed by atoms with E-state index < -0.39 is 10.8 Å². The molecule has 0 saturated carbocycles. The van der Waals surface area contributed by atoms with E-state index in [1.807, 2.05) is 62.3 Å². The highest BCUT2D eigenvalue weighted by molar-refractivity contribution is 4.83. The van der Waals surface area contributed by atoms with Crippen molar-refractivity contribution in [1.82, 2.24) is 5.06 Å². The molecular formula is C26H55NO8. The Hall–Kier alpha value is -0.360. The molecule has 0 aliphatic heterocycles. The van der Waals surface area contributed by atoms with Gasteiger partial charge in [-0.1, -0.05) is 0 Å². The minimum absolute atomic E-state index is 0.0454. The lowest BCUT2D eigenvalue weighted by atomic mass is 9.90. The Balaban J connectivity index is 5.70. The van der Waals surface area contributed by atoms with Crippen molar-refractivity contribution in [2.24, 2.45) is 10.8 Å². The second-order valence-corrected chi connectivity index (χ2v) is 10.6. The van der Waals surface area contributed by atoms with Gasteiger partial charge in [0.25, 0.3) is 0 Å². The lowest BCUT2D eigenvalue weighted by Crippen LogP contribution is -2.47. The highest BCUT2D eigenvalue weighted by atomic mass is 16.7. The van der Waals surface area contributed by atoms with E-state index >= 15 is 0 Å². The van der Waals surface area contributed by atoms with Crippen molar-refractivity contribution in [3.63, 3.8) is 0 Å². The summed E-state index contributed by atoms with van der Waals surface area (Å²) in [5, 5.41) is 10.8. The molecule has 1 N–H and O–H groups in total. The molecule has 0 aromatic rings. The van der Waals surface area contributed by atoms with E-state index in [-0.39, 0.29) is 37.8 Å². The number of rotatable bonds is 23. The smallest absolute Gasteiger partial charge is 0.118 e. The Morgan fingerprint density at radius 2 is 0.914 bits per heavy atom. The van der Waals surface area contributed by atoms with Crippen LogP contribution in [0.1, 0.15) is 62.3 Å². The van der Waals surface area contributed by atoms with Crippen LogP contribution in [0.25, 0.3) is 0 Å². The third kappa shape index (κ3) is 16.9. The molecule has 0 radical (unpaired) electrons. The largest absolute Gasteiger partial charge is 0.381 e. The molecule has 212 valence electrons. The maximum Gasteiger partial charge on any atom is 0.118 e. The average molecular weight is 510 g/mol. The second-order valence-electron chi connectivity index (χ2n) is 10.6. The first-order valence-electron chi connectivity index (χ1n) is 13.0. The molecule has 9 nitrogen and oxygen atoms in total. The monoisotopic (exact) mass is 509 g/mol. The van der Waals surface area contributed by atoms with Crippen molar-refractivity contribution in [3.05, 3.63) is 0 Å². The molecule has 0 bridgehead atoms. The minimum Gasteiger partial charge on any atom is -0.381 e. The Labute approximate surface area is 214 Å². The maximum atomic E-state index is 9.39. The molecule has 0 aromatic heterocycles. The summed E-state index contributed by atoms with van der Waals surface area (Å²) in [6.07, 6.45) is 0.271. The number of aliphatic hydroxyl groups is 1. The van der Waals surface area contributed by atoms with Gasteiger partial charge in [0, 0.05) is 13.7 Å². The maximum absolute atomic E-state index is 9.39. The highest BCUT2D eigenvalue weighted by Gasteiger charge is 2.37. The summed E-state index contributed by atoms with van der Waals surface area (Å²) >= 11 is 0. The Morgan fingerprint density at radius 3 is 1.23 bits per heavy atom. The van der Waals surface area contributed by atoms with Crippen molar-refractivity contribution in [2.75, 3.05) is 73.2 Å². The zero-order valence-corrected chi connectivity index (χ0v) is 24.1. The standard InChI is InChI=1S/C26H55NO8/c1-11-29-12-25(15-31-21(2)3,19-35-27(10)20-28)13-30-14-26(16-32-22(4)5,17-33-23(6)7)18-34-24(8)9/h21-24,28H,11-20H2,1-10H3. The number of hydrogen-bond acceptors (Lipinski definition) is 9. The molecular weight excluding hydrogens is 454 g/mol. The van der Waals surface area contributed by atoms with Crippen molar-refractivity contribution in [1.29, 1.82) is 0 Å². The summed E-state index contributed by atoms with van der Waals surface area (Å²) in [7, 11) is 1.68. The number of hydrogen-bond donors (Lipinski definition) is 1. The molecule has 1 atom stereocenters. The van der Waals surface area contributed by atoms with E-state index in [0.29, 0.717) is 52.9 Å². The summed E-state index contributed by atoms with van der Waals surface area (Å²) in [5.41, 5.74) is -1.04. The van der Waals surface area contributed by atoms with Crippen molar-refractivity contribution < 1.29 is 38.4 Å². The third-order valence-electron chi connectivity index (χ3n) is 5.11. The zero-order chi connectivity index (χ0) is 26.9. The fourth-order valence-corrected chi connectivity index (χ4v) is 2.96. The normalized spacial score (nSPS) is 14.7. The average Bonchev–Trinajstić information content (AvgIpc) is 2.79. The first-order valence-corrected chi connectivity index (χ1v) is 13.0. The van der Waals surface area contributed by atoms with Crippen LogP contribution in [0.2, 0.25) is 0 Å². The highest BCUT2D eigenvalue weighted by Crippen LogP contribution is 2.27. The SMILES string of the molecule is CCOCC(COCC(COC(C)C)(COC(C)C)COC(C)C)(COC(C)C)CON(C)CO. The van der Waals surface area contributed by atoms with Crippen LogP contribution in [0.4, 0.5) is 0 Å². The molecule has 0 spiro atoms. The topological polar surface area (TPSA) is 88.1 Å². The van der Waals surface area contributed by atoms with Crippen LogP contribution in [0.3, 0.4) is 0 Å². The Bertz CT molecular complexity index is 472. The van der Waals surface area contributed by atoms with Crippen LogP contribution in [0, 0.1) is 10.8 Å². The molecule has 0 amide bonds. The third-order valence-corrected chi connectivity index (χ3v) is 5.11. The molecule has 35 heavy (non-hydrogen) atoms. The van der Waals surface area contributed by atoms with E-state index in [2.05, 4.69) is 0 Å². The van der Waals surface area contributed by atoms with Crippen molar-refractivity contribution in [3.8, 4) is 0 Å². The summed E-state index contributed by atoms with van der Waals surface area (Å²) in [6, 6.07) is 0. The fraction of sp³-hybridized carbons (Fsp3) is 1.00. The van der Waals surface area contributed by atoms with Gasteiger partial charge in [-0.05, 0) is 62.3 Å². The Kier molecular flexibility index (Phi) is 18.6. The van der Waals surface area contributed by atoms with Gasteiger partial charge in [0.2, 0.25) is 0 Å². The molecule has 0 fully saturated rings. The van der Waals surface area contributed by atoms with Crippen molar-refractivity contribution in [2.45, 2.75) is 86.7 Å². The second kappa shape index (κ2) is 18.8. The van der Waals surface area contributed by atoms with Gasteiger partial charge in [0.15, 0.2) is 0 Å². The first kappa shape index (κ1) is 34.6. The number of ether oxygens (including phenoxy) is 6. The van der Waals surface area contributed by atoms with Crippen LogP contribution < -0.4 is 0 Å². The van der Waals surface area contributed by atoms with Gasteiger partial charge in [0.1, 0.15) is 6.73 Å². The molecule has 0 aliphatic carbocycles. The van der Waals surface area contributed by atoms with Gasteiger partial charge in [0.05, 0.1) is 88.1 Å². The van der Waals surface area contributed by atoms with Crippen molar-refractivity contribution >= 4 is 0 Å². The summed E-state index contributed by atoms with van der Waals surface area (Å²) in [6.45, 7) is 21.5. The van der Waals surface area contributed by atoms with Crippen LogP contribution in [0.5, 0.6) is 0 Å². The first-order chi connectivity index (χ1) is 16.4. The van der Waals surface area contributed by atoms with Crippen LogP contribution in [-0.2, 0) is 33.3 Å². The van der Waals surface area contributed by atoms with E-state index in [1.54, 1.807) is 7.05 Å². The quantitative estimate of drug-likeness (QED) is 0.164. The summed E-state index contributed by atoms with van der Waals surface area (Å²) < 4.78 is 36.3. The number of aliphatic hydroxyl groups excluding tert-OH is 1. The lowest BCUT2D eigenvalue weighted by molar-refractivity contribution is -0.225. The Morgan fingerprint density at radius 1 is 0.571 bits per heavy atom. The van der Waals surface area contributed by atoms with Gasteiger partial charge in [-0.2, -0.15) is 5.06 Å². The van der Waals surface area contributed by atoms with Gasteiger partial charge in [-0.3, -0.25) is 4.84 Å². The fourth-order valence-electron chi connectivity index (χ4n) is 2.96. The summed E-state index contributed by atoms with van der Waals surface area (Å²) in [5.74, 6) is 0. The molecule has 9 heteroatoms. The number of nitrogens with zero attached hydrogens (tertiary/aromatic N) is 1. The predicted octanol–water partition coefficient (Wildman–Crippen LogP) is 3.53. The zero-order valence-electron chi connectivity index (χ0n) is 24.1. The van der Waals surface area contributed by atoms with E-state index in [1.165, 1.54) is 5.06 Å².